The first-order chi connectivity index (χ1) is 5.00. The van der Waals surface area contributed by atoms with Crippen LogP contribution in [0.25, 0.3) is 0 Å². The minimum Gasteiger partial charge on any atom is -0.358 e. The predicted octanol–water partition coefficient (Wildman–Crippen LogP) is 5.60. The van der Waals surface area contributed by atoms with E-state index >= 15 is 0 Å². The van der Waals surface area contributed by atoms with E-state index in [9.17, 15) is 0 Å². The molecular weight excluding hydrogens is 582 g/mol. The van der Waals surface area contributed by atoms with Crippen molar-refractivity contribution in [2.24, 2.45) is 0 Å². The summed E-state index contributed by atoms with van der Waals surface area (Å²) in [5.41, 5.74) is 0. The van der Waals surface area contributed by atoms with Gasteiger partial charge in [0.2, 0.25) is 0 Å². The average Bonchev–Trinajstić information content (AvgIpc) is 2.67. The van der Waals surface area contributed by atoms with E-state index in [1.165, 1.54) is 0 Å². The number of allylic oxidation sites excluding steroid dienone is 4. The minimum absolute atomic E-state index is 0. The molecule has 0 aliphatic heterocycles. The number of hydrogen-bond acceptors (Lipinski definition) is 0. The van der Waals surface area contributed by atoms with Gasteiger partial charge in [-0.1, -0.05) is 24.3 Å². The maximum Gasteiger partial charge on any atom is 4.00 e. The van der Waals surface area contributed by atoms with Gasteiger partial charge >= 0.3 is 21.1 Å². The molecule has 2 heteroatoms. The summed E-state index contributed by atoms with van der Waals surface area (Å²) >= 11 is 0. The third-order valence-electron chi connectivity index (χ3n) is 1.21. The molecule has 0 amide bonds. The second-order valence-electron chi connectivity index (χ2n) is 2.05. The van der Waals surface area contributed by atoms with Crippen LogP contribution in [0, 0.1) is 44.6 Å². The summed E-state index contributed by atoms with van der Waals surface area (Å²) in [5.74, 6) is 0. The molecule has 0 N–H and O–H groups in total. The van der Waals surface area contributed by atoms with Crippen LogP contribution in [0.2, 0.25) is 0 Å². The Morgan fingerprint density at radius 1 is 0.667 bits per heavy atom. The molecule has 0 aromatic heterocycles. The quantitative estimate of drug-likeness (QED) is 0.335. The van der Waals surface area contributed by atoms with E-state index in [2.05, 4.69) is 24.3 Å². The summed E-state index contributed by atoms with van der Waals surface area (Å²) in [6.07, 6.45) is 9.50. The molecule has 116 valence electrons. The van der Waals surface area contributed by atoms with Gasteiger partial charge in [0.05, 0.1) is 0 Å². The Balaban J connectivity index is -0.0000000128. The van der Waals surface area contributed by atoms with Crippen LogP contribution >= 0.6 is 0 Å². The van der Waals surface area contributed by atoms with Crippen molar-refractivity contribution in [3.63, 3.8) is 0 Å². The van der Waals surface area contributed by atoms with Gasteiger partial charge in [-0.2, -0.15) is 18.2 Å². The summed E-state index contributed by atoms with van der Waals surface area (Å²) in [5, 5.41) is 0. The molecule has 0 atom stereocenters. The molecule has 1 aliphatic carbocycles. The molecule has 0 saturated carbocycles. The van der Waals surface area contributed by atoms with Crippen LogP contribution in [0.4, 0.5) is 0 Å². The van der Waals surface area contributed by atoms with Crippen molar-refractivity contribution >= 4 is 0 Å². The molecule has 0 spiro atoms. The van der Waals surface area contributed by atoms with Gasteiger partial charge < -0.3 is 44.6 Å². The van der Waals surface area contributed by atoms with Crippen molar-refractivity contribution in [1.82, 2.24) is 0 Å². The van der Waals surface area contributed by atoms with E-state index in [0.29, 0.717) is 0 Å². The van der Waals surface area contributed by atoms with Crippen LogP contribution in [0.1, 0.15) is 6.42 Å². The van der Waals surface area contributed by atoms with Crippen molar-refractivity contribution in [2.45, 2.75) is 6.42 Å². The SMILES string of the molecule is C1=CCC=C1.[CH3-].[CH3-].[CH3-].[CH3-].[CH3-].[CH3-].[Pt+4].[Pt].c1cc[cH-]c1. The third kappa shape index (κ3) is 36.0. The largest absolute Gasteiger partial charge is 4.00 e. The van der Waals surface area contributed by atoms with Crippen molar-refractivity contribution in [3.8, 4) is 0 Å². The molecule has 0 heterocycles. The zero-order valence-corrected chi connectivity index (χ0v) is 17.1. The van der Waals surface area contributed by atoms with Gasteiger partial charge in [0.15, 0.2) is 0 Å². The summed E-state index contributed by atoms with van der Waals surface area (Å²) in [6, 6.07) is 10.0. The zero-order valence-electron chi connectivity index (χ0n) is 12.5. The van der Waals surface area contributed by atoms with Gasteiger partial charge in [0.1, 0.15) is 0 Å². The molecule has 0 fully saturated rings. The molecular formula is C16H29Pt2-3. The first kappa shape index (κ1) is 51.7. The number of hydrogen-bond donors (Lipinski definition) is 0. The van der Waals surface area contributed by atoms with Crippen molar-refractivity contribution in [3.05, 3.63) is 99.2 Å². The van der Waals surface area contributed by atoms with Crippen LogP contribution < -0.4 is 0 Å². The minimum atomic E-state index is 0. The van der Waals surface area contributed by atoms with Gasteiger partial charge in [-0.15, -0.1) is 0 Å². The van der Waals surface area contributed by atoms with Crippen molar-refractivity contribution in [2.75, 3.05) is 0 Å². The Labute approximate surface area is 147 Å². The molecule has 2 rings (SSSR count). The van der Waals surface area contributed by atoms with Crippen LogP contribution in [0.3, 0.4) is 0 Å². The van der Waals surface area contributed by atoms with Crippen LogP contribution in [0.5, 0.6) is 0 Å². The normalized spacial score (nSPS) is 7.11. The molecule has 0 unspecified atom stereocenters. The standard InChI is InChI=1S/C5H6.C5H5.6CH3.2Pt/c2*1-2-4-5-3-1;;;;;;;;/h1-4H,5H2;1-5H;6*1H3;;/q;7*-1;;+4. The summed E-state index contributed by atoms with van der Waals surface area (Å²) in [7, 11) is 0. The van der Waals surface area contributed by atoms with Crippen LogP contribution in [-0.4, -0.2) is 0 Å². The van der Waals surface area contributed by atoms with E-state index in [0.717, 1.165) is 6.42 Å². The summed E-state index contributed by atoms with van der Waals surface area (Å²) in [4.78, 5) is 0. The second kappa shape index (κ2) is 43.4. The fourth-order valence-corrected chi connectivity index (χ4v) is 0.714. The van der Waals surface area contributed by atoms with Crippen LogP contribution in [0.15, 0.2) is 54.6 Å². The van der Waals surface area contributed by atoms with Gasteiger partial charge in [0.25, 0.3) is 0 Å². The Hall–Kier alpha value is 0.207. The second-order valence-corrected chi connectivity index (χ2v) is 2.05. The maximum absolute atomic E-state index is 2.12. The third-order valence-corrected chi connectivity index (χ3v) is 1.21. The van der Waals surface area contributed by atoms with E-state index in [-0.39, 0.29) is 86.7 Å². The Morgan fingerprint density at radius 3 is 1.11 bits per heavy atom. The molecule has 0 nitrogen and oxygen atoms in total. The van der Waals surface area contributed by atoms with Crippen molar-refractivity contribution in [1.29, 1.82) is 0 Å². The topological polar surface area (TPSA) is 0 Å². The fourth-order valence-electron chi connectivity index (χ4n) is 0.714. The molecule has 0 bridgehead atoms. The number of rotatable bonds is 0. The van der Waals surface area contributed by atoms with E-state index in [1.807, 2.05) is 30.3 Å². The molecule has 1 aromatic carbocycles. The van der Waals surface area contributed by atoms with Gasteiger partial charge in [-0.05, 0) is 6.42 Å². The molecule has 0 saturated heterocycles. The van der Waals surface area contributed by atoms with E-state index < -0.39 is 0 Å². The van der Waals surface area contributed by atoms with E-state index in [1.54, 1.807) is 0 Å². The first-order valence-corrected chi connectivity index (χ1v) is 3.48. The van der Waals surface area contributed by atoms with Gasteiger partial charge in [-0.3, -0.25) is 0 Å². The zero-order chi connectivity index (χ0) is 7.07. The van der Waals surface area contributed by atoms with Crippen molar-refractivity contribution < 1.29 is 42.1 Å². The average molecular weight is 612 g/mol. The van der Waals surface area contributed by atoms with Crippen LogP contribution in [-0.2, 0) is 42.1 Å². The van der Waals surface area contributed by atoms with Gasteiger partial charge in [0, 0.05) is 21.1 Å². The molecule has 18 heavy (non-hydrogen) atoms. The molecule has 1 aliphatic rings. The Bertz CT molecular complexity index is 172. The van der Waals surface area contributed by atoms with Gasteiger partial charge in [-0.25, -0.2) is 12.1 Å². The summed E-state index contributed by atoms with van der Waals surface area (Å²) in [6.45, 7) is 0. The smallest absolute Gasteiger partial charge is 0.358 e. The fraction of sp³-hybridized carbons (Fsp3) is 0.0625. The Kier molecular flexibility index (Phi) is 125. The monoisotopic (exact) mass is 611 g/mol. The summed E-state index contributed by atoms with van der Waals surface area (Å²) < 4.78 is 0. The molecule has 1 aromatic rings. The maximum atomic E-state index is 2.12. The molecule has 0 radical (unpaired) electrons. The first-order valence-electron chi connectivity index (χ1n) is 3.48. The predicted molar refractivity (Wildman–Crippen MR) is 83.4 cm³/mol. The van der Waals surface area contributed by atoms with E-state index in [4.69, 9.17) is 0 Å². The Morgan fingerprint density at radius 2 is 1.00 bits per heavy atom.